The molecule has 0 saturated heterocycles. The Hall–Kier alpha value is -2.23. The molecule has 0 atom stereocenters. The van der Waals surface area contributed by atoms with Crippen LogP contribution in [0, 0.1) is 0 Å². The molecule has 1 saturated carbocycles. The Kier molecular flexibility index (Phi) is 2.33. The molecule has 1 aromatic carbocycles. The lowest BCUT2D eigenvalue weighted by molar-refractivity contribution is 0.533. The number of aromatic amines is 1. The first-order chi connectivity index (χ1) is 9.38. The van der Waals surface area contributed by atoms with Crippen LogP contribution in [-0.2, 0) is 6.54 Å². The van der Waals surface area contributed by atoms with Crippen molar-refractivity contribution >= 4 is 16.8 Å². The molecule has 4 rings (SSSR count). The third-order valence-electron chi connectivity index (χ3n) is 3.48. The first-order valence-corrected chi connectivity index (χ1v) is 6.65. The van der Waals surface area contributed by atoms with Crippen molar-refractivity contribution in [1.29, 1.82) is 0 Å². The maximum Gasteiger partial charge on any atom is 0.198 e. The number of anilines is 1. The maximum atomic E-state index is 5.75. The average molecular weight is 253 g/mol. The van der Waals surface area contributed by atoms with Crippen molar-refractivity contribution in [1.82, 2.24) is 9.97 Å². The zero-order chi connectivity index (χ0) is 12.7. The topological polar surface area (TPSA) is 53.9 Å². The molecule has 0 spiro atoms. The van der Waals surface area contributed by atoms with E-state index in [1.807, 2.05) is 30.5 Å². The van der Waals surface area contributed by atoms with Gasteiger partial charge in [0.15, 0.2) is 11.5 Å². The monoisotopic (exact) mass is 253 g/mol. The summed E-state index contributed by atoms with van der Waals surface area (Å²) in [6, 6.07) is 10.1. The molecule has 19 heavy (non-hydrogen) atoms. The molecule has 3 aromatic rings. The van der Waals surface area contributed by atoms with Gasteiger partial charge in [0.1, 0.15) is 5.52 Å². The van der Waals surface area contributed by atoms with Crippen LogP contribution < -0.4 is 5.32 Å². The zero-order valence-electron chi connectivity index (χ0n) is 10.5. The molecule has 4 nitrogen and oxygen atoms in total. The number of oxazole rings is 1. The third-order valence-corrected chi connectivity index (χ3v) is 3.48. The van der Waals surface area contributed by atoms with Crippen molar-refractivity contribution in [3.05, 3.63) is 48.1 Å². The summed E-state index contributed by atoms with van der Waals surface area (Å²) in [6.45, 7) is 0.784. The summed E-state index contributed by atoms with van der Waals surface area (Å²) in [5.41, 5.74) is 4.06. The van der Waals surface area contributed by atoms with Crippen LogP contribution in [0.15, 0.2) is 40.9 Å². The van der Waals surface area contributed by atoms with Gasteiger partial charge in [-0.2, -0.15) is 0 Å². The first kappa shape index (κ1) is 10.7. The number of nitrogens with one attached hydrogen (secondary N) is 2. The Morgan fingerprint density at radius 1 is 1.32 bits per heavy atom. The standard InChI is InChI=1S/C15H15N3O/c1-2-12(16-7-1)9-17-11-5-6-14-13(8-11)18-15(19-14)10-3-4-10/h1-2,5-8,10,16-17H,3-4,9H2. The fraction of sp³-hybridized carbons (Fsp3) is 0.267. The summed E-state index contributed by atoms with van der Waals surface area (Å²) >= 11 is 0. The predicted molar refractivity (Wildman–Crippen MR) is 74.1 cm³/mol. The molecule has 2 aromatic heterocycles. The Labute approximate surface area is 110 Å². The number of fused-ring (bicyclic) bond motifs is 1. The minimum atomic E-state index is 0.558. The number of hydrogen-bond donors (Lipinski definition) is 2. The van der Waals surface area contributed by atoms with Crippen LogP contribution in [0.3, 0.4) is 0 Å². The average Bonchev–Trinajstić information content (AvgIpc) is 3.00. The van der Waals surface area contributed by atoms with E-state index in [0.717, 1.165) is 29.2 Å². The van der Waals surface area contributed by atoms with Crippen molar-refractivity contribution in [2.45, 2.75) is 25.3 Å². The van der Waals surface area contributed by atoms with E-state index in [-0.39, 0.29) is 0 Å². The van der Waals surface area contributed by atoms with Gasteiger partial charge in [0.25, 0.3) is 0 Å². The quantitative estimate of drug-likeness (QED) is 0.746. The van der Waals surface area contributed by atoms with E-state index in [1.165, 1.54) is 18.5 Å². The highest BCUT2D eigenvalue weighted by atomic mass is 16.3. The molecule has 4 heteroatoms. The molecule has 2 N–H and O–H groups in total. The molecule has 1 fully saturated rings. The molecule has 2 heterocycles. The smallest absolute Gasteiger partial charge is 0.198 e. The van der Waals surface area contributed by atoms with Gasteiger partial charge in [-0.25, -0.2) is 4.98 Å². The molecule has 1 aliphatic carbocycles. The maximum absolute atomic E-state index is 5.75. The van der Waals surface area contributed by atoms with E-state index in [0.29, 0.717) is 5.92 Å². The Morgan fingerprint density at radius 2 is 2.26 bits per heavy atom. The van der Waals surface area contributed by atoms with Crippen LogP contribution in [0.25, 0.3) is 11.1 Å². The fourth-order valence-corrected chi connectivity index (χ4v) is 2.23. The van der Waals surface area contributed by atoms with Crippen LogP contribution >= 0.6 is 0 Å². The number of aromatic nitrogens is 2. The normalized spacial score (nSPS) is 14.9. The summed E-state index contributed by atoms with van der Waals surface area (Å²) in [4.78, 5) is 7.74. The molecule has 1 aliphatic rings. The van der Waals surface area contributed by atoms with Gasteiger partial charge in [-0.1, -0.05) is 0 Å². The molecular formula is C15H15N3O. The van der Waals surface area contributed by atoms with Crippen LogP contribution in [0.2, 0.25) is 0 Å². The van der Waals surface area contributed by atoms with E-state index in [4.69, 9.17) is 4.42 Å². The number of H-pyrrole nitrogens is 1. The highest BCUT2D eigenvalue weighted by molar-refractivity contribution is 5.77. The largest absolute Gasteiger partial charge is 0.440 e. The van der Waals surface area contributed by atoms with Crippen molar-refractivity contribution in [3.8, 4) is 0 Å². The zero-order valence-corrected chi connectivity index (χ0v) is 10.5. The summed E-state index contributed by atoms with van der Waals surface area (Å²) < 4.78 is 5.75. The Bertz CT molecular complexity index is 695. The number of rotatable bonds is 4. The number of nitrogens with zero attached hydrogens (tertiary/aromatic N) is 1. The highest BCUT2D eigenvalue weighted by Crippen LogP contribution is 2.40. The molecule has 0 bridgehead atoms. The van der Waals surface area contributed by atoms with E-state index in [9.17, 15) is 0 Å². The van der Waals surface area contributed by atoms with Gasteiger partial charge in [0.2, 0.25) is 0 Å². The van der Waals surface area contributed by atoms with Crippen molar-refractivity contribution < 1.29 is 4.42 Å². The summed E-state index contributed by atoms with van der Waals surface area (Å²) in [5.74, 6) is 1.46. The fourth-order valence-electron chi connectivity index (χ4n) is 2.23. The van der Waals surface area contributed by atoms with Gasteiger partial charge in [-0.05, 0) is 43.2 Å². The van der Waals surface area contributed by atoms with Gasteiger partial charge < -0.3 is 14.7 Å². The van der Waals surface area contributed by atoms with Crippen LogP contribution in [0.1, 0.15) is 30.3 Å². The first-order valence-electron chi connectivity index (χ1n) is 6.65. The summed E-state index contributed by atoms with van der Waals surface area (Å²) in [6.07, 6.45) is 4.36. The summed E-state index contributed by atoms with van der Waals surface area (Å²) in [7, 11) is 0. The van der Waals surface area contributed by atoms with E-state index in [1.54, 1.807) is 0 Å². The minimum absolute atomic E-state index is 0.558. The van der Waals surface area contributed by atoms with Crippen LogP contribution in [0.5, 0.6) is 0 Å². The lowest BCUT2D eigenvalue weighted by Crippen LogP contribution is -1.99. The second-order valence-corrected chi connectivity index (χ2v) is 5.06. The van der Waals surface area contributed by atoms with Crippen molar-refractivity contribution in [2.24, 2.45) is 0 Å². The van der Waals surface area contributed by atoms with Gasteiger partial charge in [-0.3, -0.25) is 0 Å². The second-order valence-electron chi connectivity index (χ2n) is 5.06. The minimum Gasteiger partial charge on any atom is -0.440 e. The van der Waals surface area contributed by atoms with Crippen molar-refractivity contribution in [3.63, 3.8) is 0 Å². The molecule has 0 unspecified atom stereocenters. The van der Waals surface area contributed by atoms with Gasteiger partial charge in [0.05, 0.1) is 6.54 Å². The number of benzene rings is 1. The van der Waals surface area contributed by atoms with Crippen LogP contribution in [0.4, 0.5) is 5.69 Å². The van der Waals surface area contributed by atoms with Gasteiger partial charge in [-0.15, -0.1) is 0 Å². The van der Waals surface area contributed by atoms with Crippen molar-refractivity contribution in [2.75, 3.05) is 5.32 Å². The molecule has 0 radical (unpaired) electrons. The van der Waals surface area contributed by atoms with E-state index in [2.05, 4.69) is 21.4 Å². The second kappa shape index (κ2) is 4.16. The predicted octanol–water partition coefficient (Wildman–Crippen LogP) is 3.65. The van der Waals surface area contributed by atoms with Gasteiger partial charge in [0, 0.05) is 23.5 Å². The number of hydrogen-bond acceptors (Lipinski definition) is 3. The Morgan fingerprint density at radius 3 is 3.05 bits per heavy atom. The van der Waals surface area contributed by atoms with Crippen LogP contribution in [-0.4, -0.2) is 9.97 Å². The third kappa shape index (κ3) is 2.10. The molecular weight excluding hydrogens is 238 g/mol. The lowest BCUT2D eigenvalue weighted by atomic mass is 10.3. The molecule has 96 valence electrons. The highest BCUT2D eigenvalue weighted by Gasteiger charge is 2.28. The SMILES string of the molecule is c1c[nH]c(CNc2ccc3oc(C4CC4)nc3c2)c1. The summed E-state index contributed by atoms with van der Waals surface area (Å²) in [5, 5.41) is 3.38. The lowest BCUT2D eigenvalue weighted by Gasteiger charge is -2.04. The van der Waals surface area contributed by atoms with E-state index < -0.39 is 0 Å². The Balaban J connectivity index is 1.56. The molecule has 0 aliphatic heterocycles. The molecule has 0 amide bonds. The van der Waals surface area contributed by atoms with Gasteiger partial charge >= 0.3 is 0 Å². The van der Waals surface area contributed by atoms with E-state index >= 15 is 0 Å².